The molecule has 1 aromatic rings. The number of halogens is 1. The standard InChI is InChI=1S/C10H8INO2S/c1-6-3-7(11)4-8(10(13)14-2)9(6)12-5-15/h3-4H,1-2H3. The van der Waals surface area contributed by atoms with Crippen molar-refractivity contribution in [2.45, 2.75) is 6.92 Å². The molecule has 0 amide bonds. The Morgan fingerprint density at radius 1 is 1.60 bits per heavy atom. The van der Waals surface area contributed by atoms with Crippen molar-refractivity contribution in [3.05, 3.63) is 26.8 Å². The number of hydrogen-bond donors (Lipinski definition) is 0. The van der Waals surface area contributed by atoms with E-state index in [9.17, 15) is 4.79 Å². The molecule has 5 heteroatoms. The molecule has 0 fully saturated rings. The van der Waals surface area contributed by atoms with Crippen LogP contribution in [0.2, 0.25) is 0 Å². The number of isothiocyanates is 1. The number of aliphatic imine (C=N–C) groups is 1. The normalized spacial score (nSPS) is 9.27. The molecule has 0 N–H and O–H groups in total. The van der Waals surface area contributed by atoms with Crippen molar-refractivity contribution in [3.63, 3.8) is 0 Å². The Morgan fingerprint density at radius 3 is 2.80 bits per heavy atom. The zero-order valence-electron chi connectivity index (χ0n) is 8.20. The van der Waals surface area contributed by atoms with Crippen LogP contribution in [0.3, 0.4) is 0 Å². The zero-order valence-corrected chi connectivity index (χ0v) is 11.2. The van der Waals surface area contributed by atoms with Gasteiger partial charge in [-0.05, 0) is 59.4 Å². The van der Waals surface area contributed by atoms with Crippen molar-refractivity contribution >= 4 is 51.6 Å². The van der Waals surface area contributed by atoms with Crippen molar-refractivity contribution in [3.8, 4) is 0 Å². The molecule has 0 spiro atoms. The van der Waals surface area contributed by atoms with Crippen molar-refractivity contribution in [1.82, 2.24) is 0 Å². The van der Waals surface area contributed by atoms with Crippen LogP contribution in [-0.4, -0.2) is 18.2 Å². The van der Waals surface area contributed by atoms with Crippen molar-refractivity contribution in [2.75, 3.05) is 7.11 Å². The van der Waals surface area contributed by atoms with Gasteiger partial charge < -0.3 is 4.74 Å². The van der Waals surface area contributed by atoms with Crippen LogP contribution in [-0.2, 0) is 4.74 Å². The molecule has 0 aliphatic rings. The Kier molecular flexibility index (Phi) is 4.38. The maximum absolute atomic E-state index is 11.5. The lowest BCUT2D eigenvalue weighted by Crippen LogP contribution is -2.03. The number of nitrogens with zero attached hydrogens (tertiary/aromatic N) is 1. The molecule has 0 radical (unpaired) electrons. The van der Waals surface area contributed by atoms with Crippen LogP contribution in [0.15, 0.2) is 17.1 Å². The van der Waals surface area contributed by atoms with Crippen LogP contribution in [0, 0.1) is 10.5 Å². The highest BCUT2D eigenvalue weighted by Crippen LogP contribution is 2.26. The van der Waals surface area contributed by atoms with E-state index in [0.717, 1.165) is 9.13 Å². The summed E-state index contributed by atoms with van der Waals surface area (Å²) >= 11 is 6.67. The molecule has 0 aromatic heterocycles. The molecule has 0 saturated carbocycles. The van der Waals surface area contributed by atoms with E-state index in [-0.39, 0.29) is 0 Å². The maximum Gasteiger partial charge on any atom is 0.340 e. The van der Waals surface area contributed by atoms with Crippen molar-refractivity contribution in [2.24, 2.45) is 4.99 Å². The molecule has 1 rings (SSSR count). The number of carbonyl (C=O) groups excluding carboxylic acids is 1. The first-order valence-electron chi connectivity index (χ1n) is 4.06. The SMILES string of the molecule is COC(=O)c1cc(I)cc(C)c1N=C=S. The lowest BCUT2D eigenvalue weighted by atomic mass is 10.1. The summed E-state index contributed by atoms with van der Waals surface area (Å²) in [5, 5.41) is 2.26. The number of benzene rings is 1. The van der Waals surface area contributed by atoms with Gasteiger partial charge in [-0.25, -0.2) is 4.79 Å². The summed E-state index contributed by atoms with van der Waals surface area (Å²) in [6, 6.07) is 3.63. The molecule has 0 aliphatic carbocycles. The Bertz CT molecular complexity index is 453. The summed E-state index contributed by atoms with van der Waals surface area (Å²) in [6.45, 7) is 1.86. The average molecular weight is 333 g/mol. The summed E-state index contributed by atoms with van der Waals surface area (Å²) in [5.74, 6) is -0.416. The van der Waals surface area contributed by atoms with E-state index in [1.165, 1.54) is 7.11 Å². The molecule has 0 aliphatic heterocycles. The predicted octanol–water partition coefficient (Wildman–Crippen LogP) is 3.12. The highest BCUT2D eigenvalue weighted by atomic mass is 127. The number of methoxy groups -OCH3 is 1. The topological polar surface area (TPSA) is 38.7 Å². The Morgan fingerprint density at radius 2 is 2.27 bits per heavy atom. The second-order valence-electron chi connectivity index (χ2n) is 2.81. The Labute approximate surface area is 107 Å². The third-order valence-electron chi connectivity index (χ3n) is 1.83. The molecule has 15 heavy (non-hydrogen) atoms. The highest BCUT2D eigenvalue weighted by Gasteiger charge is 2.14. The van der Waals surface area contributed by atoms with Crippen LogP contribution in [0.4, 0.5) is 5.69 Å². The van der Waals surface area contributed by atoms with Gasteiger partial charge in [0.25, 0.3) is 0 Å². The lowest BCUT2D eigenvalue weighted by molar-refractivity contribution is 0.0601. The summed E-state index contributed by atoms with van der Waals surface area (Å²) < 4.78 is 5.62. The molecular formula is C10H8INO2S. The van der Waals surface area contributed by atoms with Gasteiger partial charge in [0, 0.05) is 3.57 Å². The molecule has 0 saturated heterocycles. The fraction of sp³-hybridized carbons (Fsp3) is 0.200. The number of esters is 1. The van der Waals surface area contributed by atoms with Crippen LogP contribution in [0.1, 0.15) is 15.9 Å². The van der Waals surface area contributed by atoms with Gasteiger partial charge in [0.2, 0.25) is 0 Å². The van der Waals surface area contributed by atoms with E-state index in [1.807, 2.05) is 13.0 Å². The minimum absolute atomic E-state index is 0.416. The fourth-order valence-electron chi connectivity index (χ4n) is 1.20. The quantitative estimate of drug-likeness (QED) is 0.361. The smallest absolute Gasteiger partial charge is 0.340 e. The Hall–Kier alpha value is -0.780. The van der Waals surface area contributed by atoms with E-state index in [2.05, 4.69) is 49.7 Å². The van der Waals surface area contributed by atoms with Gasteiger partial charge in [-0.15, -0.1) is 0 Å². The van der Waals surface area contributed by atoms with E-state index in [1.54, 1.807) is 6.07 Å². The van der Waals surface area contributed by atoms with Crippen molar-refractivity contribution < 1.29 is 9.53 Å². The van der Waals surface area contributed by atoms with Crippen molar-refractivity contribution in [1.29, 1.82) is 0 Å². The van der Waals surface area contributed by atoms with Crippen LogP contribution in [0.25, 0.3) is 0 Å². The average Bonchev–Trinajstić information content (AvgIpc) is 2.20. The number of carbonyl (C=O) groups is 1. The van der Waals surface area contributed by atoms with Gasteiger partial charge in [0.1, 0.15) is 0 Å². The van der Waals surface area contributed by atoms with E-state index in [4.69, 9.17) is 0 Å². The minimum atomic E-state index is -0.416. The molecule has 1 aromatic carbocycles. The first kappa shape index (κ1) is 12.3. The third kappa shape index (κ3) is 2.84. The summed E-state index contributed by atoms with van der Waals surface area (Å²) in [6.07, 6.45) is 0. The maximum atomic E-state index is 11.5. The van der Waals surface area contributed by atoms with Crippen LogP contribution >= 0.6 is 34.8 Å². The second kappa shape index (κ2) is 5.34. The lowest BCUT2D eigenvalue weighted by Gasteiger charge is -2.06. The van der Waals surface area contributed by atoms with E-state index >= 15 is 0 Å². The molecule has 78 valence electrons. The minimum Gasteiger partial charge on any atom is -0.465 e. The van der Waals surface area contributed by atoms with E-state index in [0.29, 0.717) is 11.3 Å². The molecule has 0 heterocycles. The van der Waals surface area contributed by atoms with E-state index < -0.39 is 5.97 Å². The summed E-state index contributed by atoms with van der Waals surface area (Å²) in [4.78, 5) is 15.3. The first-order chi connectivity index (χ1) is 7.10. The monoisotopic (exact) mass is 333 g/mol. The summed E-state index contributed by atoms with van der Waals surface area (Å²) in [7, 11) is 1.34. The number of thiocarbonyl (C=S) groups is 1. The van der Waals surface area contributed by atoms with Gasteiger partial charge in [-0.1, -0.05) is 0 Å². The van der Waals surface area contributed by atoms with Gasteiger partial charge in [0.15, 0.2) is 0 Å². The number of rotatable bonds is 2. The largest absolute Gasteiger partial charge is 0.465 e. The molecule has 0 unspecified atom stereocenters. The van der Waals surface area contributed by atoms with Gasteiger partial charge in [-0.2, -0.15) is 4.99 Å². The number of aryl methyl sites for hydroxylation is 1. The molecule has 0 bridgehead atoms. The second-order valence-corrected chi connectivity index (χ2v) is 4.24. The molecule has 0 atom stereocenters. The molecular weight excluding hydrogens is 325 g/mol. The van der Waals surface area contributed by atoms with Gasteiger partial charge in [-0.3, -0.25) is 0 Å². The van der Waals surface area contributed by atoms with Crippen LogP contribution in [0.5, 0.6) is 0 Å². The highest BCUT2D eigenvalue weighted by molar-refractivity contribution is 14.1. The van der Waals surface area contributed by atoms with Gasteiger partial charge >= 0.3 is 5.97 Å². The number of ether oxygens (including phenoxy) is 1. The molecule has 3 nitrogen and oxygen atoms in total. The predicted molar refractivity (Wildman–Crippen MR) is 69.9 cm³/mol. The fourth-order valence-corrected chi connectivity index (χ4v) is 2.06. The van der Waals surface area contributed by atoms with Crippen LogP contribution < -0.4 is 0 Å². The zero-order chi connectivity index (χ0) is 11.4. The third-order valence-corrected chi connectivity index (χ3v) is 2.54. The number of hydrogen-bond acceptors (Lipinski definition) is 4. The first-order valence-corrected chi connectivity index (χ1v) is 5.55. The summed E-state index contributed by atoms with van der Waals surface area (Å²) in [5.41, 5.74) is 1.82. The Balaban J connectivity index is 3.45. The van der Waals surface area contributed by atoms with Gasteiger partial charge in [0.05, 0.1) is 23.5 Å².